The highest BCUT2D eigenvalue weighted by atomic mass is 16.5. The molecule has 0 atom stereocenters. The fourth-order valence-corrected chi connectivity index (χ4v) is 2.44. The molecule has 0 aliphatic heterocycles. The number of carbonyl (C=O) groups is 2. The number of aryl methyl sites for hydroxylation is 1. The lowest BCUT2D eigenvalue weighted by molar-refractivity contribution is -0.140. The van der Waals surface area contributed by atoms with Gasteiger partial charge < -0.3 is 4.74 Å². The van der Waals surface area contributed by atoms with E-state index in [2.05, 4.69) is 4.74 Å². The van der Waals surface area contributed by atoms with E-state index in [1.807, 2.05) is 54.6 Å². The first-order chi connectivity index (χ1) is 11.2. The van der Waals surface area contributed by atoms with Crippen LogP contribution in [0.3, 0.4) is 0 Å². The molecule has 0 aromatic heterocycles. The predicted octanol–water partition coefficient (Wildman–Crippen LogP) is 4.00. The zero-order valence-electron chi connectivity index (χ0n) is 13.5. The molecular formula is C20H22O3. The van der Waals surface area contributed by atoms with Crippen LogP contribution in [0.4, 0.5) is 0 Å². The Balaban J connectivity index is 1.82. The van der Waals surface area contributed by atoms with Crippen molar-refractivity contribution < 1.29 is 14.3 Å². The van der Waals surface area contributed by atoms with Crippen molar-refractivity contribution in [3.8, 4) is 0 Å². The minimum absolute atomic E-state index is 0.133. The molecule has 0 unspecified atom stereocenters. The molecule has 0 N–H and O–H groups in total. The first-order valence-corrected chi connectivity index (χ1v) is 7.92. The van der Waals surface area contributed by atoms with E-state index in [-0.39, 0.29) is 11.8 Å². The summed E-state index contributed by atoms with van der Waals surface area (Å²) in [7, 11) is 1.41. The molecule has 2 aromatic rings. The maximum Gasteiger partial charge on any atom is 0.305 e. The summed E-state index contributed by atoms with van der Waals surface area (Å²) in [5.41, 5.74) is 2.96. The van der Waals surface area contributed by atoms with Crippen LogP contribution in [0.1, 0.15) is 40.7 Å². The number of benzene rings is 2. The molecule has 0 aliphatic rings. The number of carbonyl (C=O) groups excluding carboxylic acids is 2. The Bertz CT molecular complexity index is 630. The highest BCUT2D eigenvalue weighted by molar-refractivity contribution is 5.97. The van der Waals surface area contributed by atoms with Gasteiger partial charge in [0.25, 0.3) is 0 Å². The lowest BCUT2D eigenvalue weighted by Crippen LogP contribution is -2.03. The van der Waals surface area contributed by atoms with Gasteiger partial charge in [-0.2, -0.15) is 0 Å². The number of methoxy groups -OCH3 is 1. The van der Waals surface area contributed by atoms with Crippen molar-refractivity contribution in [2.45, 2.75) is 32.1 Å². The van der Waals surface area contributed by atoms with Gasteiger partial charge in [0.05, 0.1) is 7.11 Å². The van der Waals surface area contributed by atoms with E-state index in [9.17, 15) is 9.59 Å². The molecule has 0 saturated heterocycles. The summed E-state index contributed by atoms with van der Waals surface area (Å²) in [4.78, 5) is 23.3. The van der Waals surface area contributed by atoms with Crippen LogP contribution in [0.25, 0.3) is 0 Å². The van der Waals surface area contributed by atoms with Crippen molar-refractivity contribution in [2.75, 3.05) is 7.11 Å². The highest BCUT2D eigenvalue weighted by Gasteiger charge is 2.07. The Morgan fingerprint density at radius 2 is 1.57 bits per heavy atom. The molecule has 2 aromatic carbocycles. The molecule has 0 bridgehead atoms. The number of hydrogen-bond acceptors (Lipinski definition) is 3. The third-order valence-corrected chi connectivity index (χ3v) is 3.81. The zero-order chi connectivity index (χ0) is 16.5. The number of ether oxygens (including phenoxy) is 1. The molecule has 3 heteroatoms. The third-order valence-electron chi connectivity index (χ3n) is 3.81. The second-order valence-corrected chi connectivity index (χ2v) is 5.57. The SMILES string of the molecule is COC(=O)CCCCc1ccc(C(=O)Cc2ccccc2)cc1. The average Bonchev–Trinajstić information content (AvgIpc) is 2.60. The normalized spacial score (nSPS) is 10.3. The van der Waals surface area contributed by atoms with Gasteiger partial charge in [-0.3, -0.25) is 9.59 Å². The average molecular weight is 310 g/mol. The first kappa shape index (κ1) is 16.9. The Hall–Kier alpha value is -2.42. The molecule has 0 spiro atoms. The van der Waals surface area contributed by atoms with Crippen LogP contribution >= 0.6 is 0 Å². The van der Waals surface area contributed by atoms with Crippen molar-refractivity contribution in [2.24, 2.45) is 0 Å². The van der Waals surface area contributed by atoms with Gasteiger partial charge in [0.15, 0.2) is 5.78 Å². The van der Waals surface area contributed by atoms with Crippen LogP contribution < -0.4 is 0 Å². The Labute approximate surface area is 137 Å². The van der Waals surface area contributed by atoms with Crippen LogP contribution in [0.5, 0.6) is 0 Å². The largest absolute Gasteiger partial charge is 0.469 e. The third kappa shape index (κ3) is 5.70. The molecule has 0 fully saturated rings. The first-order valence-electron chi connectivity index (χ1n) is 7.92. The summed E-state index contributed by atoms with van der Waals surface area (Å²) in [6.45, 7) is 0. The number of unbranched alkanes of at least 4 members (excludes halogenated alkanes) is 1. The summed E-state index contributed by atoms with van der Waals surface area (Å²) in [6.07, 6.45) is 3.56. The highest BCUT2D eigenvalue weighted by Crippen LogP contribution is 2.12. The van der Waals surface area contributed by atoms with E-state index < -0.39 is 0 Å². The monoisotopic (exact) mass is 310 g/mol. The molecule has 0 saturated carbocycles. The van der Waals surface area contributed by atoms with E-state index in [1.165, 1.54) is 12.7 Å². The maximum atomic E-state index is 12.2. The number of Topliss-reactive ketones (excluding diaryl/α,β-unsaturated/α-hetero) is 1. The van der Waals surface area contributed by atoms with Crippen molar-refractivity contribution in [3.63, 3.8) is 0 Å². The Morgan fingerprint density at radius 1 is 0.870 bits per heavy atom. The fraction of sp³-hybridized carbons (Fsp3) is 0.300. The summed E-state index contributed by atoms with van der Waals surface area (Å²) >= 11 is 0. The molecular weight excluding hydrogens is 288 g/mol. The predicted molar refractivity (Wildman–Crippen MR) is 90.5 cm³/mol. The Morgan fingerprint density at radius 3 is 2.22 bits per heavy atom. The van der Waals surface area contributed by atoms with Gasteiger partial charge in [-0.1, -0.05) is 54.6 Å². The number of hydrogen-bond donors (Lipinski definition) is 0. The van der Waals surface area contributed by atoms with Gasteiger partial charge >= 0.3 is 5.97 Å². The smallest absolute Gasteiger partial charge is 0.305 e. The molecule has 0 amide bonds. The summed E-state index contributed by atoms with van der Waals surface area (Å²) in [5, 5.41) is 0. The van der Waals surface area contributed by atoms with Crippen LogP contribution in [0.2, 0.25) is 0 Å². The summed E-state index contributed by atoms with van der Waals surface area (Å²) in [5.74, 6) is -0.0275. The lowest BCUT2D eigenvalue weighted by Gasteiger charge is -2.04. The van der Waals surface area contributed by atoms with E-state index in [0.29, 0.717) is 12.8 Å². The Kier molecular flexibility index (Phi) is 6.55. The quantitative estimate of drug-likeness (QED) is 0.420. The summed E-state index contributed by atoms with van der Waals surface area (Å²) in [6, 6.07) is 17.5. The molecule has 23 heavy (non-hydrogen) atoms. The number of rotatable bonds is 8. The van der Waals surface area contributed by atoms with Crippen molar-refractivity contribution in [1.29, 1.82) is 0 Å². The van der Waals surface area contributed by atoms with Gasteiger partial charge in [0.1, 0.15) is 0 Å². The van der Waals surface area contributed by atoms with Crippen LogP contribution in [0.15, 0.2) is 54.6 Å². The van der Waals surface area contributed by atoms with Gasteiger partial charge in [-0.15, -0.1) is 0 Å². The minimum atomic E-state index is -0.160. The van der Waals surface area contributed by atoms with Crippen LogP contribution in [0, 0.1) is 0 Å². The van der Waals surface area contributed by atoms with Gasteiger partial charge in [-0.25, -0.2) is 0 Å². The van der Waals surface area contributed by atoms with E-state index >= 15 is 0 Å². The standard InChI is InChI=1S/C20H22O3/c1-23-20(22)10-6-5-7-16-11-13-18(14-12-16)19(21)15-17-8-3-2-4-9-17/h2-4,8-9,11-14H,5-7,10,15H2,1H3. The van der Waals surface area contributed by atoms with E-state index in [4.69, 9.17) is 0 Å². The fourth-order valence-electron chi connectivity index (χ4n) is 2.44. The second kappa shape index (κ2) is 8.89. The molecule has 2 rings (SSSR count). The molecule has 0 aliphatic carbocycles. The van der Waals surface area contributed by atoms with E-state index in [0.717, 1.165) is 30.4 Å². The molecule has 120 valence electrons. The lowest BCUT2D eigenvalue weighted by atomic mass is 10.00. The van der Waals surface area contributed by atoms with E-state index in [1.54, 1.807) is 0 Å². The second-order valence-electron chi connectivity index (χ2n) is 5.57. The maximum absolute atomic E-state index is 12.2. The minimum Gasteiger partial charge on any atom is -0.469 e. The molecule has 0 heterocycles. The van der Waals surface area contributed by atoms with Crippen molar-refractivity contribution in [1.82, 2.24) is 0 Å². The summed E-state index contributed by atoms with van der Waals surface area (Å²) < 4.78 is 4.62. The van der Waals surface area contributed by atoms with Crippen molar-refractivity contribution >= 4 is 11.8 Å². The van der Waals surface area contributed by atoms with Gasteiger partial charge in [0, 0.05) is 18.4 Å². The van der Waals surface area contributed by atoms with Crippen LogP contribution in [-0.2, 0) is 22.4 Å². The molecule has 0 radical (unpaired) electrons. The van der Waals surface area contributed by atoms with Crippen LogP contribution in [-0.4, -0.2) is 18.9 Å². The van der Waals surface area contributed by atoms with Gasteiger partial charge in [0.2, 0.25) is 0 Å². The van der Waals surface area contributed by atoms with Gasteiger partial charge in [-0.05, 0) is 30.4 Å². The topological polar surface area (TPSA) is 43.4 Å². The number of ketones is 1. The van der Waals surface area contributed by atoms with Crippen molar-refractivity contribution in [3.05, 3.63) is 71.3 Å². The molecule has 3 nitrogen and oxygen atoms in total. The zero-order valence-corrected chi connectivity index (χ0v) is 13.5. The number of esters is 1.